The normalized spacial score (nSPS) is 21.2. The first-order chi connectivity index (χ1) is 11.8. The fourth-order valence-corrected chi connectivity index (χ4v) is 4.08. The highest BCUT2D eigenvalue weighted by Gasteiger charge is 2.21. The van der Waals surface area contributed by atoms with Crippen LogP contribution in [0, 0.1) is 5.92 Å². The van der Waals surface area contributed by atoms with Crippen LogP contribution < -0.4 is 5.73 Å². The molecule has 3 heteroatoms. The van der Waals surface area contributed by atoms with Gasteiger partial charge in [-0.1, -0.05) is 37.6 Å². The first-order valence-corrected chi connectivity index (χ1v) is 8.98. The molecule has 2 aromatic carbocycles. The molecule has 2 N–H and O–H groups in total. The molecule has 0 radical (unpaired) electrons. The fraction of sp³-hybridized carbons (Fsp3) is 0.381. The number of fused-ring (bicyclic) bond motifs is 1. The van der Waals surface area contributed by atoms with Crippen LogP contribution in [0.3, 0.4) is 0 Å². The molecule has 4 rings (SSSR count). The van der Waals surface area contributed by atoms with Crippen molar-refractivity contribution in [2.45, 2.75) is 44.9 Å². The summed E-state index contributed by atoms with van der Waals surface area (Å²) in [6.45, 7) is 2.31. The number of rotatable bonds is 3. The van der Waals surface area contributed by atoms with Crippen LogP contribution in [0.15, 0.2) is 47.2 Å². The number of nitrogen functional groups attached to an aromatic ring is 1. The Hall–Kier alpha value is -2.29. The predicted molar refractivity (Wildman–Crippen MR) is 98.8 cm³/mol. The summed E-state index contributed by atoms with van der Waals surface area (Å²) in [6, 6.07) is 12.7. The van der Waals surface area contributed by atoms with E-state index >= 15 is 0 Å². The largest absolute Gasteiger partial charge is 0.443 e. The molecular weight excluding hydrogens is 296 g/mol. The Labute approximate surface area is 142 Å². The molecule has 0 spiro atoms. The molecule has 1 saturated carbocycles. The second-order valence-corrected chi connectivity index (χ2v) is 6.98. The van der Waals surface area contributed by atoms with E-state index in [0.29, 0.717) is 5.92 Å². The summed E-state index contributed by atoms with van der Waals surface area (Å²) in [4.78, 5) is 4.34. The van der Waals surface area contributed by atoms with Gasteiger partial charge in [0, 0.05) is 11.3 Å². The van der Waals surface area contributed by atoms with E-state index in [1.807, 2.05) is 12.1 Å². The van der Waals surface area contributed by atoms with Crippen molar-refractivity contribution in [1.29, 1.82) is 0 Å². The third-order valence-electron chi connectivity index (χ3n) is 5.63. The zero-order valence-corrected chi connectivity index (χ0v) is 14.2. The summed E-state index contributed by atoms with van der Waals surface area (Å²) in [5.74, 6) is 1.65. The molecular formula is C21H24N2O. The van der Waals surface area contributed by atoms with Crippen LogP contribution >= 0.6 is 0 Å². The van der Waals surface area contributed by atoms with Gasteiger partial charge in [-0.2, -0.15) is 0 Å². The van der Waals surface area contributed by atoms with E-state index in [9.17, 15) is 0 Å². The molecule has 0 unspecified atom stereocenters. The first kappa shape index (κ1) is 15.3. The number of oxazole rings is 1. The lowest BCUT2D eigenvalue weighted by Crippen LogP contribution is -2.12. The number of nitrogens with two attached hydrogens (primary N) is 1. The van der Waals surface area contributed by atoms with Crippen molar-refractivity contribution >= 4 is 16.8 Å². The maximum Gasteiger partial charge on any atom is 0.182 e. The van der Waals surface area contributed by atoms with E-state index in [-0.39, 0.29) is 0 Å². The molecule has 0 amide bonds. The minimum atomic E-state index is 0.710. The van der Waals surface area contributed by atoms with Gasteiger partial charge in [0.1, 0.15) is 5.52 Å². The lowest BCUT2D eigenvalue weighted by atomic mass is 9.77. The van der Waals surface area contributed by atoms with Gasteiger partial charge in [0.15, 0.2) is 12.0 Å². The zero-order valence-electron chi connectivity index (χ0n) is 14.2. The van der Waals surface area contributed by atoms with Crippen LogP contribution in [-0.4, -0.2) is 4.98 Å². The lowest BCUT2D eigenvalue weighted by molar-refractivity contribution is 0.319. The summed E-state index contributed by atoms with van der Waals surface area (Å²) in [5.41, 5.74) is 12.1. The van der Waals surface area contributed by atoms with Gasteiger partial charge in [-0.3, -0.25) is 0 Å². The van der Waals surface area contributed by atoms with Gasteiger partial charge in [0.05, 0.1) is 0 Å². The number of hydrogen-bond acceptors (Lipinski definition) is 3. The van der Waals surface area contributed by atoms with Gasteiger partial charge in [-0.05, 0) is 60.8 Å². The van der Waals surface area contributed by atoms with Gasteiger partial charge in [0.25, 0.3) is 0 Å². The average Bonchev–Trinajstić information content (AvgIpc) is 3.10. The molecule has 1 aliphatic rings. The molecule has 0 atom stereocenters. The maximum atomic E-state index is 6.21. The van der Waals surface area contributed by atoms with Gasteiger partial charge in [-0.15, -0.1) is 0 Å². The molecule has 0 bridgehead atoms. The maximum absolute atomic E-state index is 6.21. The Kier molecular flexibility index (Phi) is 4.01. The standard InChI is InChI=1S/C21H24N2O/c1-2-14-3-5-15(6-4-14)16-7-9-17(10-8-16)20-18(22)11-12-19-21(20)23-13-24-19/h7-15H,2-6,22H2,1H3. The Bertz CT molecular complexity index is 827. The van der Waals surface area contributed by atoms with Crippen molar-refractivity contribution in [3.63, 3.8) is 0 Å². The molecule has 1 heterocycles. The van der Waals surface area contributed by atoms with Crippen molar-refractivity contribution in [3.8, 4) is 11.1 Å². The van der Waals surface area contributed by atoms with E-state index in [1.54, 1.807) is 0 Å². The van der Waals surface area contributed by atoms with E-state index in [1.165, 1.54) is 44.1 Å². The van der Waals surface area contributed by atoms with Crippen LogP contribution in [-0.2, 0) is 0 Å². The highest BCUT2D eigenvalue weighted by atomic mass is 16.3. The Morgan fingerprint density at radius 2 is 1.79 bits per heavy atom. The van der Waals surface area contributed by atoms with Crippen LogP contribution in [0.2, 0.25) is 0 Å². The Morgan fingerprint density at radius 1 is 1.04 bits per heavy atom. The van der Waals surface area contributed by atoms with E-state index < -0.39 is 0 Å². The van der Waals surface area contributed by atoms with E-state index in [0.717, 1.165) is 33.8 Å². The zero-order chi connectivity index (χ0) is 16.5. The van der Waals surface area contributed by atoms with Crippen molar-refractivity contribution in [2.24, 2.45) is 5.92 Å². The van der Waals surface area contributed by atoms with E-state index in [4.69, 9.17) is 10.2 Å². The number of aromatic nitrogens is 1. The third-order valence-corrected chi connectivity index (χ3v) is 5.63. The third kappa shape index (κ3) is 2.68. The van der Waals surface area contributed by atoms with Crippen LogP contribution in [0.25, 0.3) is 22.2 Å². The summed E-state index contributed by atoms with van der Waals surface area (Å²) < 4.78 is 5.41. The number of nitrogens with zero attached hydrogens (tertiary/aromatic N) is 1. The van der Waals surface area contributed by atoms with Crippen LogP contribution in [0.1, 0.15) is 50.5 Å². The van der Waals surface area contributed by atoms with Gasteiger partial charge < -0.3 is 10.2 Å². The smallest absolute Gasteiger partial charge is 0.182 e. The average molecular weight is 320 g/mol. The predicted octanol–water partition coefficient (Wildman–Crippen LogP) is 5.76. The Balaban J connectivity index is 1.62. The van der Waals surface area contributed by atoms with Crippen molar-refractivity contribution < 1.29 is 4.42 Å². The molecule has 3 nitrogen and oxygen atoms in total. The van der Waals surface area contributed by atoms with Crippen molar-refractivity contribution in [3.05, 3.63) is 48.4 Å². The quantitative estimate of drug-likeness (QED) is 0.624. The SMILES string of the molecule is CCC1CCC(c2ccc(-c3c(N)ccc4ocnc34)cc2)CC1. The molecule has 1 aromatic heterocycles. The molecule has 0 aliphatic heterocycles. The number of benzene rings is 2. The highest BCUT2D eigenvalue weighted by Crippen LogP contribution is 2.38. The topological polar surface area (TPSA) is 52.0 Å². The summed E-state index contributed by atoms with van der Waals surface area (Å²) >= 11 is 0. The number of hydrogen-bond donors (Lipinski definition) is 1. The van der Waals surface area contributed by atoms with Gasteiger partial charge in [-0.25, -0.2) is 4.98 Å². The minimum Gasteiger partial charge on any atom is -0.443 e. The van der Waals surface area contributed by atoms with E-state index in [2.05, 4.69) is 36.2 Å². The summed E-state index contributed by atoms with van der Waals surface area (Å²) in [7, 11) is 0. The number of anilines is 1. The monoisotopic (exact) mass is 320 g/mol. The summed E-state index contributed by atoms with van der Waals surface area (Å²) in [6.07, 6.45) is 8.18. The molecule has 124 valence electrons. The lowest BCUT2D eigenvalue weighted by Gasteiger charge is -2.28. The fourth-order valence-electron chi connectivity index (χ4n) is 4.08. The van der Waals surface area contributed by atoms with Crippen LogP contribution in [0.4, 0.5) is 5.69 Å². The highest BCUT2D eigenvalue weighted by molar-refractivity contribution is 5.97. The molecule has 24 heavy (non-hydrogen) atoms. The summed E-state index contributed by atoms with van der Waals surface area (Å²) in [5, 5.41) is 0. The van der Waals surface area contributed by atoms with Crippen LogP contribution in [0.5, 0.6) is 0 Å². The molecule has 3 aromatic rings. The molecule has 0 saturated heterocycles. The van der Waals surface area contributed by atoms with Crippen molar-refractivity contribution in [2.75, 3.05) is 5.73 Å². The molecule has 1 fully saturated rings. The van der Waals surface area contributed by atoms with Crippen molar-refractivity contribution in [1.82, 2.24) is 4.98 Å². The Morgan fingerprint density at radius 3 is 2.50 bits per heavy atom. The second-order valence-electron chi connectivity index (χ2n) is 6.98. The van der Waals surface area contributed by atoms with Gasteiger partial charge >= 0.3 is 0 Å². The second kappa shape index (κ2) is 6.31. The first-order valence-electron chi connectivity index (χ1n) is 8.98. The molecule has 1 aliphatic carbocycles. The minimum absolute atomic E-state index is 0.710. The van der Waals surface area contributed by atoms with Gasteiger partial charge in [0.2, 0.25) is 0 Å².